The zero-order valence-corrected chi connectivity index (χ0v) is 25.2. The van der Waals surface area contributed by atoms with Gasteiger partial charge in [-0.1, -0.05) is 61.9 Å². The summed E-state index contributed by atoms with van der Waals surface area (Å²) in [6.07, 6.45) is 1.14. The predicted octanol–water partition coefficient (Wildman–Crippen LogP) is 6.02. The first-order valence-corrected chi connectivity index (χ1v) is 13.8. The second kappa shape index (κ2) is 13.6. The molecule has 2 N–H and O–H groups in total. The SMILES string of the molecule is CCCCN(C(=O)C(Cc1ccccc1)NC(=O)OC(C)(C)C)C(C(=O)NC(C)(C)C)c1c(C)cccc1C. The van der Waals surface area contributed by atoms with E-state index < -0.39 is 29.3 Å². The number of hydrogen-bond acceptors (Lipinski definition) is 4. The number of unbranched alkanes of at least 4 members (excludes halogenated alkanes) is 1. The molecule has 3 amide bonds. The van der Waals surface area contributed by atoms with E-state index in [-0.39, 0.29) is 18.2 Å². The maximum Gasteiger partial charge on any atom is 0.408 e. The average Bonchev–Trinajstić information content (AvgIpc) is 2.80. The van der Waals surface area contributed by atoms with Gasteiger partial charge < -0.3 is 20.3 Å². The fourth-order valence-electron chi connectivity index (χ4n) is 4.52. The summed E-state index contributed by atoms with van der Waals surface area (Å²) in [7, 11) is 0. The van der Waals surface area contributed by atoms with Crippen molar-refractivity contribution in [3.05, 3.63) is 70.8 Å². The van der Waals surface area contributed by atoms with E-state index in [0.29, 0.717) is 13.0 Å². The smallest absolute Gasteiger partial charge is 0.408 e. The minimum atomic E-state index is -0.923. The maximum atomic E-state index is 14.4. The molecule has 2 aromatic rings. The van der Waals surface area contributed by atoms with Gasteiger partial charge in [0.25, 0.3) is 0 Å². The Morgan fingerprint density at radius 1 is 0.897 bits per heavy atom. The molecule has 0 radical (unpaired) electrons. The van der Waals surface area contributed by atoms with Crippen molar-refractivity contribution in [2.45, 2.75) is 105 Å². The van der Waals surface area contributed by atoms with E-state index >= 15 is 0 Å². The Hall–Kier alpha value is -3.35. The number of alkyl carbamates (subject to hydrolysis) is 1. The third kappa shape index (κ3) is 10.0. The van der Waals surface area contributed by atoms with Crippen LogP contribution in [0.4, 0.5) is 4.79 Å². The lowest BCUT2D eigenvalue weighted by Crippen LogP contribution is -2.55. The van der Waals surface area contributed by atoms with Crippen LogP contribution in [0.2, 0.25) is 0 Å². The number of aryl methyl sites for hydroxylation is 2. The summed E-state index contributed by atoms with van der Waals surface area (Å²) in [4.78, 5) is 42.9. The molecule has 0 aliphatic heterocycles. The van der Waals surface area contributed by atoms with Gasteiger partial charge in [-0.25, -0.2) is 4.79 Å². The van der Waals surface area contributed by atoms with E-state index in [1.165, 1.54) is 0 Å². The van der Waals surface area contributed by atoms with E-state index in [2.05, 4.69) is 10.6 Å². The monoisotopic (exact) mass is 537 g/mol. The number of benzene rings is 2. The highest BCUT2D eigenvalue weighted by Crippen LogP contribution is 2.30. The molecule has 2 unspecified atom stereocenters. The van der Waals surface area contributed by atoms with Crippen LogP contribution in [0.25, 0.3) is 0 Å². The third-order valence-corrected chi connectivity index (χ3v) is 6.18. The predicted molar refractivity (Wildman–Crippen MR) is 156 cm³/mol. The molecule has 0 saturated heterocycles. The van der Waals surface area contributed by atoms with Gasteiger partial charge in [0.05, 0.1) is 0 Å². The molecule has 7 nitrogen and oxygen atoms in total. The van der Waals surface area contributed by atoms with Crippen molar-refractivity contribution < 1.29 is 19.1 Å². The number of carbonyl (C=O) groups excluding carboxylic acids is 3. The van der Waals surface area contributed by atoms with Gasteiger partial charge in [-0.05, 0) is 84.1 Å². The highest BCUT2D eigenvalue weighted by molar-refractivity contribution is 5.93. The van der Waals surface area contributed by atoms with E-state index in [1.807, 2.05) is 90.1 Å². The van der Waals surface area contributed by atoms with Gasteiger partial charge in [0.2, 0.25) is 11.8 Å². The van der Waals surface area contributed by atoms with Crippen molar-refractivity contribution in [1.82, 2.24) is 15.5 Å². The number of amides is 3. The molecular formula is C32H47N3O4. The summed E-state index contributed by atoms with van der Waals surface area (Å²) in [5, 5.41) is 5.92. The summed E-state index contributed by atoms with van der Waals surface area (Å²) in [6.45, 7) is 17.4. The summed E-state index contributed by atoms with van der Waals surface area (Å²) >= 11 is 0. The molecule has 214 valence electrons. The molecule has 0 spiro atoms. The highest BCUT2D eigenvalue weighted by Gasteiger charge is 2.38. The van der Waals surface area contributed by atoms with Gasteiger partial charge in [-0.15, -0.1) is 0 Å². The molecule has 0 fully saturated rings. The Labute approximate surface area is 234 Å². The van der Waals surface area contributed by atoms with E-state index in [0.717, 1.165) is 28.7 Å². The second-order valence-electron chi connectivity index (χ2n) is 12.2. The standard InChI is InChI=1S/C32H47N3O4/c1-10-11-20-35(27(28(36)34-31(4,5)6)26-22(2)16-15-17-23(26)3)29(37)25(21-24-18-13-12-14-19-24)33-30(38)39-32(7,8)9/h12-19,25,27H,10-11,20-21H2,1-9H3,(H,33,38)(H,34,36). The molecule has 0 saturated carbocycles. The minimum absolute atomic E-state index is 0.250. The van der Waals surface area contributed by atoms with Crippen molar-refractivity contribution >= 4 is 17.9 Å². The molecular weight excluding hydrogens is 490 g/mol. The number of ether oxygens (including phenoxy) is 1. The Morgan fingerprint density at radius 3 is 2.00 bits per heavy atom. The summed E-state index contributed by atoms with van der Waals surface area (Å²) < 4.78 is 5.51. The summed E-state index contributed by atoms with van der Waals surface area (Å²) in [5.74, 6) is -0.574. The third-order valence-electron chi connectivity index (χ3n) is 6.18. The first kappa shape index (κ1) is 31.9. The topological polar surface area (TPSA) is 87.7 Å². The van der Waals surface area contributed by atoms with Crippen molar-refractivity contribution in [3.8, 4) is 0 Å². The number of nitrogens with one attached hydrogen (secondary N) is 2. The molecule has 0 bridgehead atoms. The van der Waals surface area contributed by atoms with Crippen molar-refractivity contribution in [1.29, 1.82) is 0 Å². The Bertz CT molecular complexity index is 1100. The van der Waals surface area contributed by atoms with Crippen LogP contribution in [0.15, 0.2) is 48.5 Å². The zero-order chi connectivity index (χ0) is 29.4. The lowest BCUT2D eigenvalue weighted by molar-refractivity contribution is -0.143. The van der Waals surface area contributed by atoms with Gasteiger partial charge >= 0.3 is 6.09 Å². The van der Waals surface area contributed by atoms with Crippen LogP contribution < -0.4 is 10.6 Å². The number of rotatable bonds is 10. The highest BCUT2D eigenvalue weighted by atomic mass is 16.6. The van der Waals surface area contributed by atoms with E-state index in [1.54, 1.807) is 25.7 Å². The van der Waals surface area contributed by atoms with Gasteiger partial charge in [-0.2, -0.15) is 0 Å². The van der Waals surface area contributed by atoms with Crippen LogP contribution in [-0.4, -0.2) is 46.5 Å². The first-order chi connectivity index (χ1) is 18.1. The fraction of sp³-hybridized carbons (Fsp3) is 0.531. The number of carbonyl (C=O) groups is 3. The Balaban J connectivity index is 2.63. The Morgan fingerprint density at radius 2 is 1.49 bits per heavy atom. The van der Waals surface area contributed by atoms with Crippen LogP contribution >= 0.6 is 0 Å². The van der Waals surface area contributed by atoms with Crippen molar-refractivity contribution in [3.63, 3.8) is 0 Å². The van der Waals surface area contributed by atoms with E-state index in [4.69, 9.17) is 4.74 Å². The molecule has 2 atom stereocenters. The van der Waals surface area contributed by atoms with Gasteiger partial charge in [0, 0.05) is 18.5 Å². The molecule has 0 heterocycles. The number of hydrogen-bond donors (Lipinski definition) is 2. The molecule has 7 heteroatoms. The van der Waals surface area contributed by atoms with Crippen LogP contribution in [0.5, 0.6) is 0 Å². The zero-order valence-electron chi connectivity index (χ0n) is 25.2. The van der Waals surface area contributed by atoms with Gasteiger partial charge in [0.15, 0.2) is 0 Å². The average molecular weight is 538 g/mol. The van der Waals surface area contributed by atoms with Gasteiger partial charge in [-0.3, -0.25) is 9.59 Å². The van der Waals surface area contributed by atoms with Crippen LogP contribution in [0.1, 0.15) is 89.6 Å². The van der Waals surface area contributed by atoms with Crippen molar-refractivity contribution in [2.75, 3.05) is 6.54 Å². The van der Waals surface area contributed by atoms with Crippen LogP contribution in [-0.2, 0) is 20.7 Å². The number of nitrogens with zero attached hydrogens (tertiary/aromatic N) is 1. The maximum absolute atomic E-state index is 14.4. The molecule has 39 heavy (non-hydrogen) atoms. The molecule has 2 aromatic carbocycles. The Kier molecular flexibility index (Phi) is 11.1. The lowest BCUT2D eigenvalue weighted by Gasteiger charge is -2.37. The van der Waals surface area contributed by atoms with Gasteiger partial charge in [0.1, 0.15) is 17.7 Å². The molecule has 2 rings (SSSR count). The van der Waals surface area contributed by atoms with Crippen LogP contribution in [0.3, 0.4) is 0 Å². The fourth-order valence-corrected chi connectivity index (χ4v) is 4.52. The van der Waals surface area contributed by atoms with Crippen molar-refractivity contribution in [2.24, 2.45) is 0 Å². The normalized spacial score (nSPS) is 13.3. The first-order valence-electron chi connectivity index (χ1n) is 13.8. The summed E-state index contributed by atoms with van der Waals surface area (Å²) in [6, 6.07) is 13.6. The lowest BCUT2D eigenvalue weighted by atomic mass is 9.92. The largest absolute Gasteiger partial charge is 0.444 e. The summed E-state index contributed by atoms with van der Waals surface area (Å²) in [5.41, 5.74) is 2.34. The second-order valence-corrected chi connectivity index (χ2v) is 12.2. The van der Waals surface area contributed by atoms with E-state index in [9.17, 15) is 14.4 Å². The molecule has 0 aliphatic rings. The minimum Gasteiger partial charge on any atom is -0.444 e. The molecule has 0 aromatic heterocycles. The molecule has 0 aliphatic carbocycles. The quantitative estimate of drug-likeness (QED) is 0.388. The van der Waals surface area contributed by atoms with Crippen LogP contribution in [0, 0.1) is 13.8 Å².